The van der Waals surface area contributed by atoms with Crippen LogP contribution in [0.2, 0.25) is 0 Å². The standard InChI is InChI=1S/C19H29NO/c1-5-9-15-13-19(21-14-20)18(12-8-4)17(11-7-3)16(15)10-6-2/h13H,5-12H2,1-4H3. The molecule has 0 amide bonds. The van der Waals surface area contributed by atoms with Gasteiger partial charge in [0.15, 0.2) is 0 Å². The largest absolute Gasteiger partial charge is 0.388 e. The molecule has 0 spiro atoms. The second kappa shape index (κ2) is 9.45. The zero-order valence-electron chi connectivity index (χ0n) is 14.1. The highest BCUT2D eigenvalue weighted by atomic mass is 16.5. The molecule has 0 radical (unpaired) electrons. The van der Waals surface area contributed by atoms with Crippen molar-refractivity contribution < 1.29 is 4.74 Å². The van der Waals surface area contributed by atoms with E-state index in [0.717, 1.165) is 57.1 Å². The van der Waals surface area contributed by atoms with Crippen LogP contribution in [0, 0.1) is 11.5 Å². The Morgan fingerprint density at radius 1 is 0.810 bits per heavy atom. The third-order valence-corrected chi connectivity index (χ3v) is 3.89. The van der Waals surface area contributed by atoms with Gasteiger partial charge in [0, 0.05) is 0 Å². The smallest absolute Gasteiger partial charge is 0.292 e. The molecule has 21 heavy (non-hydrogen) atoms. The number of nitriles is 1. The number of hydrogen-bond donors (Lipinski definition) is 0. The fraction of sp³-hybridized carbons (Fsp3) is 0.632. The van der Waals surface area contributed by atoms with E-state index < -0.39 is 0 Å². The van der Waals surface area contributed by atoms with Gasteiger partial charge in [0.2, 0.25) is 0 Å². The minimum Gasteiger partial charge on any atom is -0.388 e. The van der Waals surface area contributed by atoms with Gasteiger partial charge >= 0.3 is 0 Å². The molecular formula is C19H29NO. The second-order valence-electron chi connectivity index (χ2n) is 5.66. The predicted molar refractivity (Wildman–Crippen MR) is 88.7 cm³/mol. The van der Waals surface area contributed by atoms with Gasteiger partial charge in [0.25, 0.3) is 6.26 Å². The van der Waals surface area contributed by atoms with E-state index in [1.165, 1.54) is 22.3 Å². The van der Waals surface area contributed by atoms with Crippen molar-refractivity contribution in [1.29, 1.82) is 5.26 Å². The van der Waals surface area contributed by atoms with Gasteiger partial charge in [-0.2, -0.15) is 0 Å². The lowest BCUT2D eigenvalue weighted by molar-refractivity contribution is 0.496. The fourth-order valence-corrected chi connectivity index (χ4v) is 3.13. The summed E-state index contributed by atoms with van der Waals surface area (Å²) in [5.74, 6) is 0.797. The average Bonchev–Trinajstić information content (AvgIpc) is 2.47. The molecule has 0 aromatic heterocycles. The lowest BCUT2D eigenvalue weighted by Crippen LogP contribution is -2.07. The summed E-state index contributed by atoms with van der Waals surface area (Å²) < 4.78 is 5.30. The molecule has 0 aliphatic carbocycles. The highest BCUT2D eigenvalue weighted by Gasteiger charge is 2.17. The van der Waals surface area contributed by atoms with Crippen LogP contribution in [-0.4, -0.2) is 0 Å². The molecular weight excluding hydrogens is 258 g/mol. The summed E-state index contributed by atoms with van der Waals surface area (Å²) in [5.41, 5.74) is 5.63. The number of rotatable bonds is 9. The molecule has 2 heteroatoms. The lowest BCUT2D eigenvalue weighted by Gasteiger charge is -2.20. The van der Waals surface area contributed by atoms with Crippen molar-refractivity contribution in [2.75, 3.05) is 0 Å². The Kier molecular flexibility index (Phi) is 7.90. The van der Waals surface area contributed by atoms with Gasteiger partial charge in [-0.15, -0.1) is 5.26 Å². The third kappa shape index (κ3) is 4.49. The Hall–Kier alpha value is -1.49. The number of aryl methyl sites for hydroxylation is 1. The molecule has 0 bridgehead atoms. The van der Waals surface area contributed by atoms with E-state index in [0.29, 0.717) is 0 Å². The van der Waals surface area contributed by atoms with Crippen LogP contribution in [0.25, 0.3) is 0 Å². The fourth-order valence-electron chi connectivity index (χ4n) is 3.13. The molecule has 2 nitrogen and oxygen atoms in total. The molecule has 0 unspecified atom stereocenters. The molecule has 1 aromatic rings. The molecule has 1 aromatic carbocycles. The summed E-state index contributed by atoms with van der Waals surface area (Å²) in [4.78, 5) is 0. The number of hydrogen-bond acceptors (Lipinski definition) is 2. The minimum absolute atomic E-state index is 0.797. The van der Waals surface area contributed by atoms with E-state index >= 15 is 0 Å². The molecule has 0 aliphatic rings. The molecule has 0 atom stereocenters. The number of ether oxygens (including phenoxy) is 1. The minimum atomic E-state index is 0.797. The summed E-state index contributed by atoms with van der Waals surface area (Å²) in [6.07, 6.45) is 10.7. The Morgan fingerprint density at radius 3 is 1.86 bits per heavy atom. The van der Waals surface area contributed by atoms with Gasteiger partial charge in [0.1, 0.15) is 5.75 Å². The molecule has 0 saturated heterocycles. The van der Waals surface area contributed by atoms with Crippen molar-refractivity contribution in [3.63, 3.8) is 0 Å². The van der Waals surface area contributed by atoms with Gasteiger partial charge in [0.05, 0.1) is 0 Å². The van der Waals surface area contributed by atoms with Crippen molar-refractivity contribution in [2.24, 2.45) is 0 Å². The first-order valence-electron chi connectivity index (χ1n) is 8.45. The van der Waals surface area contributed by atoms with Crippen LogP contribution in [0.15, 0.2) is 6.07 Å². The lowest BCUT2D eigenvalue weighted by atomic mass is 9.86. The molecule has 1 rings (SSSR count). The Balaban J connectivity index is 3.49. The maximum Gasteiger partial charge on any atom is 0.292 e. The van der Waals surface area contributed by atoms with E-state index in [1.807, 2.05) is 6.26 Å². The highest BCUT2D eigenvalue weighted by molar-refractivity contribution is 5.51. The van der Waals surface area contributed by atoms with Crippen LogP contribution in [0.5, 0.6) is 5.75 Å². The van der Waals surface area contributed by atoms with Crippen LogP contribution in [0.1, 0.15) is 75.6 Å². The molecule has 116 valence electrons. The zero-order valence-corrected chi connectivity index (χ0v) is 14.1. The molecule has 0 heterocycles. The molecule has 0 N–H and O–H groups in total. The maximum absolute atomic E-state index is 8.95. The predicted octanol–water partition coefficient (Wildman–Crippen LogP) is 5.36. The van der Waals surface area contributed by atoms with Crippen molar-refractivity contribution >= 4 is 0 Å². The summed E-state index contributed by atoms with van der Waals surface area (Å²) >= 11 is 0. The first-order chi connectivity index (χ1) is 10.2. The van der Waals surface area contributed by atoms with Crippen LogP contribution in [-0.2, 0) is 25.7 Å². The Morgan fingerprint density at radius 2 is 1.33 bits per heavy atom. The quantitative estimate of drug-likeness (QED) is 0.573. The molecule has 0 saturated carbocycles. The Bertz CT molecular complexity index is 485. The van der Waals surface area contributed by atoms with Crippen LogP contribution in [0.4, 0.5) is 0 Å². The summed E-state index contributed by atoms with van der Waals surface area (Å²) in [5, 5.41) is 8.95. The van der Waals surface area contributed by atoms with Crippen LogP contribution >= 0.6 is 0 Å². The topological polar surface area (TPSA) is 33.0 Å². The van der Waals surface area contributed by atoms with E-state index in [1.54, 1.807) is 0 Å². The molecule has 0 fully saturated rings. The summed E-state index contributed by atoms with van der Waals surface area (Å²) in [6, 6.07) is 2.13. The Labute approximate surface area is 130 Å². The van der Waals surface area contributed by atoms with Crippen molar-refractivity contribution in [2.45, 2.75) is 79.1 Å². The molecule has 0 aliphatic heterocycles. The third-order valence-electron chi connectivity index (χ3n) is 3.89. The van der Waals surface area contributed by atoms with Crippen molar-refractivity contribution in [3.05, 3.63) is 28.3 Å². The number of nitrogens with zero attached hydrogens (tertiary/aromatic N) is 1. The first kappa shape index (κ1) is 17.6. The average molecular weight is 287 g/mol. The van der Waals surface area contributed by atoms with E-state index in [2.05, 4.69) is 33.8 Å². The van der Waals surface area contributed by atoms with E-state index in [-0.39, 0.29) is 0 Å². The van der Waals surface area contributed by atoms with Crippen molar-refractivity contribution in [3.8, 4) is 12.0 Å². The van der Waals surface area contributed by atoms with Crippen molar-refractivity contribution in [1.82, 2.24) is 0 Å². The maximum atomic E-state index is 8.95. The van der Waals surface area contributed by atoms with Gasteiger partial charge < -0.3 is 4.74 Å². The van der Waals surface area contributed by atoms with E-state index in [4.69, 9.17) is 10.00 Å². The number of benzene rings is 1. The summed E-state index contributed by atoms with van der Waals surface area (Å²) in [7, 11) is 0. The van der Waals surface area contributed by atoms with Gasteiger partial charge in [-0.25, -0.2) is 0 Å². The van der Waals surface area contributed by atoms with Gasteiger partial charge in [-0.05, 0) is 54.0 Å². The van der Waals surface area contributed by atoms with Gasteiger partial charge in [-0.1, -0.05) is 53.4 Å². The zero-order chi connectivity index (χ0) is 15.7. The van der Waals surface area contributed by atoms with E-state index in [9.17, 15) is 0 Å². The monoisotopic (exact) mass is 287 g/mol. The normalized spacial score (nSPS) is 10.4. The SMILES string of the molecule is CCCc1cc(OC#N)c(CCC)c(CCC)c1CCC. The first-order valence-corrected chi connectivity index (χ1v) is 8.45. The van der Waals surface area contributed by atoms with Crippen LogP contribution in [0.3, 0.4) is 0 Å². The van der Waals surface area contributed by atoms with Crippen LogP contribution < -0.4 is 4.74 Å². The summed E-state index contributed by atoms with van der Waals surface area (Å²) in [6.45, 7) is 8.86. The highest BCUT2D eigenvalue weighted by Crippen LogP contribution is 2.33. The second-order valence-corrected chi connectivity index (χ2v) is 5.66. The van der Waals surface area contributed by atoms with Gasteiger partial charge in [-0.3, -0.25) is 0 Å².